The van der Waals surface area contributed by atoms with E-state index in [4.69, 9.17) is 13.5 Å². The van der Waals surface area contributed by atoms with Gasteiger partial charge in [0.1, 0.15) is 11.3 Å². The van der Waals surface area contributed by atoms with Crippen LogP contribution in [0.15, 0.2) is 48.5 Å². The second kappa shape index (κ2) is 6.21. The van der Waals surface area contributed by atoms with Gasteiger partial charge in [0.25, 0.3) is 0 Å². The van der Waals surface area contributed by atoms with E-state index in [1.54, 1.807) is 36.4 Å². The van der Waals surface area contributed by atoms with Gasteiger partial charge in [-0.25, -0.2) is 4.79 Å². The van der Waals surface area contributed by atoms with Crippen LogP contribution in [0.4, 0.5) is 0 Å². The van der Waals surface area contributed by atoms with Crippen LogP contribution >= 0.6 is 0 Å². The first-order valence-corrected chi connectivity index (χ1v) is 6.73. The lowest BCUT2D eigenvalue weighted by atomic mass is 10.2. The highest BCUT2D eigenvalue weighted by Crippen LogP contribution is 2.20. The highest BCUT2D eigenvalue weighted by molar-refractivity contribution is 7.75. The Kier molecular flexibility index (Phi) is 4.37. The molecule has 0 bridgehead atoms. The molecular weight excluding hydrogens is 280 g/mol. The van der Waals surface area contributed by atoms with Crippen LogP contribution in [0.2, 0.25) is 0 Å². The lowest BCUT2D eigenvalue weighted by Gasteiger charge is -2.08. The molecule has 104 valence electrons. The van der Waals surface area contributed by atoms with Crippen LogP contribution in [-0.4, -0.2) is 15.3 Å². The van der Waals surface area contributed by atoms with Gasteiger partial charge in [-0.05, 0) is 31.2 Å². The molecule has 5 nitrogen and oxygen atoms in total. The van der Waals surface area contributed by atoms with Gasteiger partial charge >= 0.3 is 17.3 Å². The van der Waals surface area contributed by atoms with Crippen molar-refractivity contribution >= 4 is 17.3 Å². The molecule has 0 amide bonds. The number of aromatic carboxylic acids is 1. The van der Waals surface area contributed by atoms with Gasteiger partial charge in [-0.3, -0.25) is 0 Å². The second-order valence-electron chi connectivity index (χ2n) is 3.99. The molecule has 0 aliphatic carbocycles. The van der Waals surface area contributed by atoms with Crippen molar-refractivity contribution < 1.29 is 22.5 Å². The smallest absolute Gasteiger partial charge is 0.417 e. The maximum absolute atomic E-state index is 11.7. The Morgan fingerprint density at radius 1 is 1.05 bits per heavy atom. The monoisotopic (exact) mass is 292 g/mol. The first kappa shape index (κ1) is 14.1. The summed E-state index contributed by atoms with van der Waals surface area (Å²) in [5.41, 5.74) is 0.966. The van der Waals surface area contributed by atoms with Gasteiger partial charge < -0.3 is 13.5 Å². The summed E-state index contributed by atoms with van der Waals surface area (Å²) in [6.07, 6.45) is 0. The topological polar surface area (TPSA) is 72.8 Å². The molecule has 1 N–H and O–H groups in total. The lowest BCUT2D eigenvalue weighted by Crippen LogP contribution is -2.10. The third-order valence-electron chi connectivity index (χ3n) is 2.46. The van der Waals surface area contributed by atoms with E-state index >= 15 is 0 Å². The molecule has 0 saturated carbocycles. The Morgan fingerprint density at radius 3 is 2.35 bits per heavy atom. The number of benzene rings is 2. The quantitative estimate of drug-likeness (QED) is 0.917. The molecule has 0 heterocycles. The summed E-state index contributed by atoms with van der Waals surface area (Å²) in [6.45, 7) is 1.92. The summed E-state index contributed by atoms with van der Waals surface area (Å²) in [7, 11) is 0. The zero-order valence-corrected chi connectivity index (χ0v) is 11.4. The Labute approximate surface area is 118 Å². The normalized spacial score (nSPS) is 11.7. The van der Waals surface area contributed by atoms with Gasteiger partial charge in [0, 0.05) is 0 Å². The van der Waals surface area contributed by atoms with E-state index < -0.39 is 17.3 Å². The average Bonchev–Trinajstić information content (AvgIpc) is 2.41. The molecule has 0 aliphatic rings. The minimum atomic E-state index is -2.12. The summed E-state index contributed by atoms with van der Waals surface area (Å²) in [6, 6.07) is 12.8. The zero-order valence-electron chi connectivity index (χ0n) is 10.6. The van der Waals surface area contributed by atoms with Crippen molar-refractivity contribution in [2.24, 2.45) is 0 Å². The number of carbonyl (C=O) groups is 1. The summed E-state index contributed by atoms with van der Waals surface area (Å²) >= 11 is -2.12. The number of carboxylic acids is 1. The van der Waals surface area contributed by atoms with Crippen LogP contribution in [0.25, 0.3) is 0 Å². The fraction of sp³-hybridized carbons (Fsp3) is 0.0714. The molecule has 0 aromatic heterocycles. The summed E-state index contributed by atoms with van der Waals surface area (Å²) in [4.78, 5) is 11.0. The number of hydrogen-bond acceptors (Lipinski definition) is 4. The maximum Gasteiger partial charge on any atom is 0.417 e. The van der Waals surface area contributed by atoms with E-state index in [0.29, 0.717) is 5.75 Å². The van der Waals surface area contributed by atoms with Crippen molar-refractivity contribution in [2.45, 2.75) is 6.92 Å². The van der Waals surface area contributed by atoms with E-state index in [9.17, 15) is 9.00 Å². The standard InChI is InChI=1S/C14H12O5S/c1-10-6-8-11(9-7-10)18-20(17)19-13-5-3-2-4-12(13)14(15)16/h2-9H,1H3,(H,15,16). The van der Waals surface area contributed by atoms with Gasteiger partial charge in [-0.15, -0.1) is 0 Å². The van der Waals surface area contributed by atoms with E-state index in [1.165, 1.54) is 12.1 Å². The molecule has 0 spiro atoms. The molecule has 0 aliphatic heterocycles. The molecule has 20 heavy (non-hydrogen) atoms. The number of para-hydroxylation sites is 1. The number of rotatable bonds is 5. The van der Waals surface area contributed by atoms with Crippen molar-refractivity contribution in [1.82, 2.24) is 0 Å². The molecule has 2 rings (SSSR count). The number of carboxylic acid groups (broad SMARTS) is 1. The van der Waals surface area contributed by atoms with E-state index in [2.05, 4.69) is 0 Å². The number of hydrogen-bond donors (Lipinski definition) is 1. The third kappa shape index (κ3) is 3.58. The molecule has 6 heteroatoms. The van der Waals surface area contributed by atoms with Crippen LogP contribution < -0.4 is 8.37 Å². The second-order valence-corrected chi connectivity index (χ2v) is 4.73. The minimum absolute atomic E-state index is 0.00885. The molecule has 0 fully saturated rings. The SMILES string of the molecule is Cc1ccc(OS(=O)Oc2ccccc2C(=O)O)cc1. The van der Waals surface area contributed by atoms with Crippen molar-refractivity contribution in [3.63, 3.8) is 0 Å². The Morgan fingerprint density at radius 2 is 1.70 bits per heavy atom. The largest absolute Gasteiger partial charge is 0.478 e. The summed E-state index contributed by atoms with van der Waals surface area (Å²) in [5.74, 6) is -0.792. The molecule has 0 radical (unpaired) electrons. The average molecular weight is 292 g/mol. The minimum Gasteiger partial charge on any atom is -0.478 e. The van der Waals surface area contributed by atoms with Gasteiger partial charge in [-0.1, -0.05) is 29.8 Å². The lowest BCUT2D eigenvalue weighted by molar-refractivity contribution is 0.0695. The van der Waals surface area contributed by atoms with Crippen LogP contribution in [0, 0.1) is 6.92 Å². The van der Waals surface area contributed by atoms with E-state index in [-0.39, 0.29) is 11.3 Å². The molecular formula is C14H12O5S. The van der Waals surface area contributed by atoms with E-state index in [1.807, 2.05) is 6.92 Å². The number of aryl methyl sites for hydroxylation is 1. The molecule has 2 aromatic carbocycles. The first-order chi connectivity index (χ1) is 9.56. The Hall–Kier alpha value is -2.34. The van der Waals surface area contributed by atoms with Gasteiger partial charge in [0.05, 0.1) is 0 Å². The van der Waals surface area contributed by atoms with Crippen molar-refractivity contribution in [2.75, 3.05) is 0 Å². The van der Waals surface area contributed by atoms with Crippen LogP contribution in [0.5, 0.6) is 11.5 Å². The highest BCUT2D eigenvalue weighted by Gasteiger charge is 2.14. The van der Waals surface area contributed by atoms with Gasteiger partial charge in [-0.2, -0.15) is 4.21 Å². The van der Waals surface area contributed by atoms with Gasteiger partial charge in [0.2, 0.25) is 0 Å². The summed E-state index contributed by atoms with van der Waals surface area (Å²) in [5, 5.41) is 8.98. The molecule has 1 atom stereocenters. The fourth-order valence-electron chi connectivity index (χ4n) is 1.48. The highest BCUT2D eigenvalue weighted by atomic mass is 32.2. The van der Waals surface area contributed by atoms with Crippen molar-refractivity contribution in [3.05, 3.63) is 59.7 Å². The predicted octanol–water partition coefficient (Wildman–Crippen LogP) is 2.73. The van der Waals surface area contributed by atoms with Crippen molar-refractivity contribution in [3.8, 4) is 11.5 Å². The van der Waals surface area contributed by atoms with E-state index in [0.717, 1.165) is 5.56 Å². The van der Waals surface area contributed by atoms with Gasteiger partial charge in [0.15, 0.2) is 5.75 Å². The molecule has 2 aromatic rings. The third-order valence-corrected chi connectivity index (χ3v) is 3.10. The predicted molar refractivity (Wildman–Crippen MR) is 74.0 cm³/mol. The molecule has 1 unspecified atom stereocenters. The maximum atomic E-state index is 11.7. The Balaban J connectivity index is 2.08. The van der Waals surface area contributed by atoms with Crippen LogP contribution in [0.3, 0.4) is 0 Å². The first-order valence-electron chi connectivity index (χ1n) is 5.73. The van der Waals surface area contributed by atoms with Crippen LogP contribution in [0.1, 0.15) is 15.9 Å². The summed E-state index contributed by atoms with van der Waals surface area (Å²) < 4.78 is 21.8. The fourth-order valence-corrected chi connectivity index (χ4v) is 2.07. The van der Waals surface area contributed by atoms with Crippen molar-refractivity contribution in [1.29, 1.82) is 0 Å². The molecule has 0 saturated heterocycles. The zero-order chi connectivity index (χ0) is 14.5. The van der Waals surface area contributed by atoms with Crippen LogP contribution in [-0.2, 0) is 11.4 Å². The Bertz CT molecular complexity index is 636.